The number of hydrogen-bond donors (Lipinski definition) is 0. The van der Waals surface area contributed by atoms with E-state index in [4.69, 9.17) is 9.47 Å². The Kier molecular flexibility index (Phi) is 3.80. The van der Waals surface area contributed by atoms with Gasteiger partial charge in [-0.25, -0.2) is 0 Å². The molecule has 0 saturated carbocycles. The topological polar surface area (TPSA) is 35.5 Å². The molecule has 3 rings (SSSR count). The van der Waals surface area contributed by atoms with Crippen LogP contribution in [-0.2, 0) is 9.53 Å². The molecule has 106 valence electrons. The van der Waals surface area contributed by atoms with Crippen molar-refractivity contribution in [2.75, 3.05) is 7.11 Å². The number of benzene rings is 2. The standard InChI is InChI=1S/C17H13BrO3/c1-20-14-8-4-11(5-9-14)15-10-21-17(19)16(15)12-2-6-13(18)7-3-12/h2-10,16H,1H3. The summed E-state index contributed by atoms with van der Waals surface area (Å²) < 4.78 is 11.3. The van der Waals surface area contributed by atoms with E-state index >= 15 is 0 Å². The summed E-state index contributed by atoms with van der Waals surface area (Å²) in [5.74, 6) is 0.152. The van der Waals surface area contributed by atoms with Crippen molar-refractivity contribution in [2.24, 2.45) is 0 Å². The van der Waals surface area contributed by atoms with E-state index in [-0.39, 0.29) is 11.9 Å². The minimum Gasteiger partial charge on any atom is -0.497 e. The molecule has 0 spiro atoms. The molecule has 1 aliphatic heterocycles. The van der Waals surface area contributed by atoms with Gasteiger partial charge in [0.05, 0.1) is 13.4 Å². The summed E-state index contributed by atoms with van der Waals surface area (Å²) >= 11 is 3.40. The number of halogens is 1. The van der Waals surface area contributed by atoms with Crippen molar-refractivity contribution in [3.05, 3.63) is 70.4 Å². The Balaban J connectivity index is 1.96. The third kappa shape index (κ3) is 2.72. The van der Waals surface area contributed by atoms with Crippen LogP contribution in [0, 0.1) is 0 Å². The monoisotopic (exact) mass is 344 g/mol. The van der Waals surface area contributed by atoms with Crippen molar-refractivity contribution in [1.82, 2.24) is 0 Å². The molecule has 1 unspecified atom stereocenters. The first-order valence-corrected chi connectivity index (χ1v) is 7.29. The van der Waals surface area contributed by atoms with E-state index in [0.29, 0.717) is 0 Å². The number of cyclic esters (lactones) is 1. The number of carbonyl (C=O) groups excluding carboxylic acids is 1. The number of hydrogen-bond acceptors (Lipinski definition) is 3. The molecule has 21 heavy (non-hydrogen) atoms. The first-order valence-electron chi connectivity index (χ1n) is 6.49. The van der Waals surface area contributed by atoms with Gasteiger partial charge in [0, 0.05) is 10.0 Å². The van der Waals surface area contributed by atoms with Crippen molar-refractivity contribution >= 4 is 27.5 Å². The van der Waals surface area contributed by atoms with Crippen LogP contribution < -0.4 is 4.74 Å². The van der Waals surface area contributed by atoms with Crippen LogP contribution in [0.25, 0.3) is 5.57 Å². The lowest BCUT2D eigenvalue weighted by Crippen LogP contribution is -2.09. The molecule has 0 aromatic heterocycles. The highest BCUT2D eigenvalue weighted by Crippen LogP contribution is 2.38. The van der Waals surface area contributed by atoms with Crippen molar-refractivity contribution < 1.29 is 14.3 Å². The fraction of sp³-hybridized carbons (Fsp3) is 0.118. The van der Waals surface area contributed by atoms with E-state index in [1.165, 1.54) is 6.26 Å². The maximum absolute atomic E-state index is 12.1. The SMILES string of the molecule is COc1ccc(C2=COC(=O)C2c2ccc(Br)cc2)cc1. The predicted octanol–water partition coefficient (Wildman–Crippen LogP) is 4.14. The van der Waals surface area contributed by atoms with Crippen LogP contribution in [0.4, 0.5) is 0 Å². The van der Waals surface area contributed by atoms with Gasteiger partial charge in [0.2, 0.25) is 0 Å². The van der Waals surface area contributed by atoms with Crippen LogP contribution in [0.5, 0.6) is 5.75 Å². The largest absolute Gasteiger partial charge is 0.497 e. The second-order valence-electron chi connectivity index (χ2n) is 4.72. The van der Waals surface area contributed by atoms with Gasteiger partial charge in [-0.05, 0) is 35.4 Å². The second-order valence-corrected chi connectivity index (χ2v) is 5.64. The summed E-state index contributed by atoms with van der Waals surface area (Å²) in [7, 11) is 1.63. The van der Waals surface area contributed by atoms with Crippen LogP contribution in [-0.4, -0.2) is 13.1 Å². The van der Waals surface area contributed by atoms with Crippen molar-refractivity contribution in [3.63, 3.8) is 0 Å². The zero-order chi connectivity index (χ0) is 14.8. The predicted molar refractivity (Wildman–Crippen MR) is 83.9 cm³/mol. The van der Waals surface area contributed by atoms with Crippen LogP contribution >= 0.6 is 15.9 Å². The Bertz CT molecular complexity index is 687. The van der Waals surface area contributed by atoms with Gasteiger partial charge in [0.15, 0.2) is 0 Å². The van der Waals surface area contributed by atoms with E-state index in [9.17, 15) is 4.79 Å². The lowest BCUT2D eigenvalue weighted by atomic mass is 9.89. The van der Waals surface area contributed by atoms with Crippen LogP contribution in [0.15, 0.2) is 59.3 Å². The molecule has 1 atom stereocenters. The summed E-state index contributed by atoms with van der Waals surface area (Å²) in [5, 5.41) is 0. The molecule has 0 aliphatic carbocycles. The molecule has 2 aromatic rings. The molecule has 0 bridgehead atoms. The molecule has 2 aromatic carbocycles. The smallest absolute Gasteiger partial charge is 0.322 e. The highest BCUT2D eigenvalue weighted by atomic mass is 79.9. The highest BCUT2D eigenvalue weighted by molar-refractivity contribution is 9.10. The quantitative estimate of drug-likeness (QED) is 0.785. The zero-order valence-corrected chi connectivity index (χ0v) is 13.0. The first-order chi connectivity index (χ1) is 10.2. The summed E-state index contributed by atoms with van der Waals surface area (Å²) in [4.78, 5) is 12.1. The number of ether oxygens (including phenoxy) is 2. The van der Waals surface area contributed by atoms with E-state index < -0.39 is 0 Å². The van der Waals surface area contributed by atoms with Gasteiger partial charge in [-0.1, -0.05) is 40.2 Å². The summed E-state index contributed by atoms with van der Waals surface area (Å²) in [6.45, 7) is 0. The molecular formula is C17H13BrO3. The Morgan fingerprint density at radius 3 is 2.33 bits per heavy atom. The molecule has 0 N–H and O–H groups in total. The van der Waals surface area contributed by atoms with Gasteiger partial charge in [0.1, 0.15) is 11.7 Å². The fourth-order valence-electron chi connectivity index (χ4n) is 2.37. The Morgan fingerprint density at radius 2 is 1.71 bits per heavy atom. The number of methoxy groups -OCH3 is 1. The molecular weight excluding hydrogens is 332 g/mol. The molecule has 0 amide bonds. The Hall–Kier alpha value is -2.07. The lowest BCUT2D eigenvalue weighted by molar-refractivity contribution is -0.136. The second kappa shape index (κ2) is 5.74. The first kappa shape index (κ1) is 13.9. The van der Waals surface area contributed by atoms with Crippen LogP contribution in [0.3, 0.4) is 0 Å². The maximum atomic E-state index is 12.1. The number of rotatable bonds is 3. The average Bonchev–Trinajstić information content (AvgIpc) is 2.90. The molecule has 1 aliphatic rings. The molecule has 4 heteroatoms. The van der Waals surface area contributed by atoms with E-state index in [1.807, 2.05) is 48.5 Å². The van der Waals surface area contributed by atoms with E-state index in [0.717, 1.165) is 26.9 Å². The molecule has 0 radical (unpaired) electrons. The van der Waals surface area contributed by atoms with E-state index in [1.54, 1.807) is 7.11 Å². The summed E-state index contributed by atoms with van der Waals surface area (Å²) in [6.07, 6.45) is 1.54. The number of carbonyl (C=O) groups is 1. The van der Waals surface area contributed by atoms with Gasteiger partial charge in [0.25, 0.3) is 0 Å². The normalized spacial score (nSPS) is 17.3. The Labute approximate surface area is 131 Å². The Morgan fingerprint density at radius 1 is 1.05 bits per heavy atom. The fourth-order valence-corrected chi connectivity index (χ4v) is 2.64. The van der Waals surface area contributed by atoms with Gasteiger partial charge in [-0.3, -0.25) is 4.79 Å². The maximum Gasteiger partial charge on any atom is 0.322 e. The molecule has 1 heterocycles. The van der Waals surface area contributed by atoms with Crippen LogP contribution in [0.1, 0.15) is 17.0 Å². The van der Waals surface area contributed by atoms with Crippen molar-refractivity contribution in [1.29, 1.82) is 0 Å². The average molecular weight is 345 g/mol. The third-order valence-electron chi connectivity index (χ3n) is 3.48. The van der Waals surface area contributed by atoms with Crippen molar-refractivity contribution in [2.45, 2.75) is 5.92 Å². The minimum absolute atomic E-state index is 0.247. The highest BCUT2D eigenvalue weighted by Gasteiger charge is 2.32. The van der Waals surface area contributed by atoms with Gasteiger partial charge in [-0.15, -0.1) is 0 Å². The van der Waals surface area contributed by atoms with Gasteiger partial charge in [-0.2, -0.15) is 0 Å². The van der Waals surface area contributed by atoms with Gasteiger partial charge >= 0.3 is 5.97 Å². The summed E-state index contributed by atoms with van der Waals surface area (Å²) in [5.41, 5.74) is 2.74. The van der Waals surface area contributed by atoms with E-state index in [2.05, 4.69) is 15.9 Å². The molecule has 0 fully saturated rings. The molecule has 3 nitrogen and oxygen atoms in total. The zero-order valence-electron chi connectivity index (χ0n) is 11.4. The van der Waals surface area contributed by atoms with Gasteiger partial charge < -0.3 is 9.47 Å². The third-order valence-corrected chi connectivity index (χ3v) is 4.00. The van der Waals surface area contributed by atoms with Crippen molar-refractivity contribution in [3.8, 4) is 5.75 Å². The number of esters is 1. The van der Waals surface area contributed by atoms with Crippen LogP contribution in [0.2, 0.25) is 0 Å². The lowest BCUT2D eigenvalue weighted by Gasteiger charge is -2.12. The summed E-state index contributed by atoms with van der Waals surface area (Å²) in [6, 6.07) is 15.3. The minimum atomic E-state index is -0.383. The molecule has 0 saturated heterocycles.